The first-order chi connectivity index (χ1) is 13.1. The Morgan fingerprint density at radius 1 is 0.821 bits per heavy atom. The molecule has 0 aliphatic heterocycles. The molecule has 0 heterocycles. The molecule has 0 saturated heterocycles. The third-order valence-corrected chi connectivity index (χ3v) is 4.02. The van der Waals surface area contributed by atoms with Crippen molar-refractivity contribution in [2.45, 2.75) is 13.1 Å². The summed E-state index contributed by atoms with van der Waals surface area (Å²) in [7, 11) is 0. The fourth-order valence-electron chi connectivity index (χ4n) is 2.59. The summed E-state index contributed by atoms with van der Waals surface area (Å²) < 4.78 is 69.7. The van der Waals surface area contributed by atoms with Gasteiger partial charge in [-0.15, -0.1) is 0 Å². The van der Waals surface area contributed by atoms with Crippen LogP contribution < -0.4 is 4.74 Å². The quantitative estimate of drug-likeness (QED) is 0.302. The molecule has 0 N–H and O–H groups in total. The smallest absolute Gasteiger partial charge is 0.422 e. The molecule has 0 fully saturated rings. The molecule has 0 saturated carbocycles. The topological polar surface area (TPSA) is 26.3 Å². The largest absolute Gasteiger partial charge is 0.423 e. The van der Waals surface area contributed by atoms with Gasteiger partial charge in [0.25, 0.3) is 0 Å². The highest BCUT2D eigenvalue weighted by Gasteiger charge is 2.38. The van der Waals surface area contributed by atoms with Crippen LogP contribution in [0.15, 0.2) is 60.7 Å². The van der Waals surface area contributed by atoms with Gasteiger partial charge >= 0.3 is 12.1 Å². The fraction of sp³-hybridized carbons (Fsp3) is 0.0952. The minimum Gasteiger partial charge on any atom is -0.423 e. The third kappa shape index (κ3) is 4.19. The van der Waals surface area contributed by atoms with Crippen LogP contribution in [0.3, 0.4) is 0 Å². The van der Waals surface area contributed by atoms with Crippen LogP contribution in [-0.2, 0) is 6.18 Å². The van der Waals surface area contributed by atoms with Gasteiger partial charge in [0.1, 0.15) is 22.9 Å². The van der Waals surface area contributed by atoms with Gasteiger partial charge in [0.15, 0.2) is 0 Å². The number of hydrogen-bond acceptors (Lipinski definition) is 2. The van der Waals surface area contributed by atoms with E-state index >= 15 is 0 Å². The Bertz CT molecular complexity index is 983. The minimum atomic E-state index is -5.19. The summed E-state index contributed by atoms with van der Waals surface area (Å²) in [5.74, 6) is -5.32. The maximum atomic E-state index is 13.6. The van der Waals surface area contributed by atoms with E-state index in [2.05, 4.69) is 0 Å². The monoisotopic (exact) mass is 392 g/mol. The van der Waals surface area contributed by atoms with Crippen molar-refractivity contribution in [3.8, 4) is 16.9 Å². The van der Waals surface area contributed by atoms with E-state index in [0.29, 0.717) is 12.1 Å². The SMILES string of the molecule is Cc1ccc(-c2ccc(C(=O)Oc3cc(F)c(C(F)(F)F)c(F)c3)cc2)cc1. The van der Waals surface area contributed by atoms with E-state index in [4.69, 9.17) is 4.74 Å². The Kier molecular flexibility index (Phi) is 5.18. The number of halogens is 5. The van der Waals surface area contributed by atoms with E-state index in [1.54, 1.807) is 12.1 Å². The first-order valence-electron chi connectivity index (χ1n) is 8.10. The molecule has 0 spiro atoms. The molecular weight excluding hydrogens is 379 g/mol. The van der Waals surface area contributed by atoms with Crippen LogP contribution in [0, 0.1) is 18.6 Å². The lowest BCUT2D eigenvalue weighted by atomic mass is 10.0. The number of alkyl halides is 3. The molecule has 0 atom stereocenters. The lowest BCUT2D eigenvalue weighted by Crippen LogP contribution is -2.13. The van der Waals surface area contributed by atoms with Crippen molar-refractivity contribution in [3.05, 3.63) is 89.0 Å². The van der Waals surface area contributed by atoms with E-state index in [0.717, 1.165) is 16.7 Å². The lowest BCUT2D eigenvalue weighted by molar-refractivity contribution is -0.142. The van der Waals surface area contributed by atoms with Crippen molar-refractivity contribution in [2.24, 2.45) is 0 Å². The molecule has 0 amide bonds. The first kappa shape index (κ1) is 19.5. The van der Waals surface area contributed by atoms with E-state index < -0.39 is 35.1 Å². The van der Waals surface area contributed by atoms with Gasteiger partial charge in [0.05, 0.1) is 5.56 Å². The van der Waals surface area contributed by atoms with Crippen molar-refractivity contribution in [2.75, 3.05) is 0 Å². The Labute approximate surface area is 157 Å². The molecule has 3 rings (SSSR count). The number of esters is 1. The normalized spacial score (nSPS) is 11.4. The molecule has 0 aliphatic rings. The zero-order valence-electron chi connectivity index (χ0n) is 14.5. The van der Waals surface area contributed by atoms with Gasteiger partial charge < -0.3 is 4.74 Å². The van der Waals surface area contributed by atoms with E-state index in [9.17, 15) is 26.7 Å². The maximum absolute atomic E-state index is 13.6. The summed E-state index contributed by atoms with van der Waals surface area (Å²) in [5, 5.41) is 0. The van der Waals surface area contributed by atoms with Crippen LogP contribution in [0.2, 0.25) is 0 Å². The van der Waals surface area contributed by atoms with Crippen LogP contribution >= 0.6 is 0 Å². The summed E-state index contributed by atoms with van der Waals surface area (Å²) in [4.78, 5) is 12.1. The van der Waals surface area contributed by atoms with Crippen LogP contribution in [-0.4, -0.2) is 5.97 Å². The third-order valence-electron chi connectivity index (χ3n) is 4.02. The molecular formula is C21H13F5O2. The molecule has 3 aromatic carbocycles. The Hall–Kier alpha value is -3.22. The molecule has 28 heavy (non-hydrogen) atoms. The summed E-state index contributed by atoms with van der Waals surface area (Å²) >= 11 is 0. The molecule has 0 aromatic heterocycles. The number of benzene rings is 3. The summed E-state index contributed by atoms with van der Waals surface area (Å²) in [6, 6.07) is 14.6. The highest BCUT2D eigenvalue weighted by molar-refractivity contribution is 5.91. The Morgan fingerprint density at radius 3 is 1.75 bits per heavy atom. The highest BCUT2D eigenvalue weighted by atomic mass is 19.4. The molecule has 0 radical (unpaired) electrons. The molecule has 7 heteroatoms. The average molecular weight is 392 g/mol. The molecule has 144 valence electrons. The lowest BCUT2D eigenvalue weighted by Gasteiger charge is -2.11. The second-order valence-corrected chi connectivity index (χ2v) is 6.09. The number of hydrogen-bond donors (Lipinski definition) is 0. The van der Waals surface area contributed by atoms with E-state index in [1.165, 1.54) is 12.1 Å². The maximum Gasteiger partial charge on any atom is 0.422 e. The Morgan fingerprint density at radius 2 is 1.29 bits per heavy atom. The predicted molar refractivity (Wildman–Crippen MR) is 92.9 cm³/mol. The van der Waals surface area contributed by atoms with Crippen LogP contribution in [0.5, 0.6) is 5.75 Å². The van der Waals surface area contributed by atoms with Crippen LogP contribution in [0.4, 0.5) is 22.0 Å². The highest BCUT2D eigenvalue weighted by Crippen LogP contribution is 2.35. The van der Waals surface area contributed by atoms with Crippen molar-refractivity contribution >= 4 is 5.97 Å². The standard InChI is InChI=1S/C21H13F5O2/c1-12-2-4-13(5-3-12)14-6-8-15(9-7-14)20(27)28-16-10-17(22)19(18(23)11-16)21(24,25)26/h2-11H,1H3. The van der Waals surface area contributed by atoms with Gasteiger partial charge in [0, 0.05) is 12.1 Å². The minimum absolute atomic E-state index is 0.0802. The van der Waals surface area contributed by atoms with Gasteiger partial charge in [-0.05, 0) is 30.2 Å². The second-order valence-electron chi connectivity index (χ2n) is 6.09. The number of rotatable bonds is 3. The van der Waals surface area contributed by atoms with Crippen LogP contribution in [0.25, 0.3) is 11.1 Å². The van der Waals surface area contributed by atoms with Gasteiger partial charge in [0.2, 0.25) is 0 Å². The van der Waals surface area contributed by atoms with Gasteiger partial charge in [-0.1, -0.05) is 42.0 Å². The zero-order chi connectivity index (χ0) is 20.5. The van der Waals surface area contributed by atoms with Gasteiger partial charge in [-0.3, -0.25) is 0 Å². The number of ether oxygens (including phenoxy) is 1. The summed E-state index contributed by atoms with van der Waals surface area (Å²) in [6.45, 7) is 1.95. The van der Waals surface area contributed by atoms with Crippen molar-refractivity contribution in [1.29, 1.82) is 0 Å². The molecule has 0 unspecified atom stereocenters. The van der Waals surface area contributed by atoms with Crippen molar-refractivity contribution in [3.63, 3.8) is 0 Å². The first-order valence-corrected chi connectivity index (χ1v) is 8.10. The number of aryl methyl sites for hydroxylation is 1. The predicted octanol–water partition coefficient (Wildman–Crippen LogP) is 6.18. The number of carbonyl (C=O) groups is 1. The average Bonchev–Trinajstić information content (AvgIpc) is 2.60. The second kappa shape index (κ2) is 7.42. The molecule has 0 aliphatic carbocycles. The number of carbonyl (C=O) groups excluding carboxylic acids is 1. The molecule has 2 nitrogen and oxygen atoms in total. The summed E-state index contributed by atoms with van der Waals surface area (Å²) in [6.07, 6.45) is -5.19. The fourth-order valence-corrected chi connectivity index (χ4v) is 2.59. The summed E-state index contributed by atoms with van der Waals surface area (Å²) in [5.41, 5.74) is 0.909. The molecule has 0 bridgehead atoms. The van der Waals surface area contributed by atoms with Crippen molar-refractivity contribution in [1.82, 2.24) is 0 Å². The van der Waals surface area contributed by atoms with Crippen LogP contribution in [0.1, 0.15) is 21.5 Å². The molecule has 3 aromatic rings. The Balaban J connectivity index is 1.79. The van der Waals surface area contributed by atoms with E-state index in [-0.39, 0.29) is 5.56 Å². The zero-order valence-corrected chi connectivity index (χ0v) is 14.5. The van der Waals surface area contributed by atoms with E-state index in [1.807, 2.05) is 31.2 Å². The van der Waals surface area contributed by atoms with Crippen molar-refractivity contribution < 1.29 is 31.5 Å². The van der Waals surface area contributed by atoms with Gasteiger partial charge in [-0.25, -0.2) is 13.6 Å². The van der Waals surface area contributed by atoms with Gasteiger partial charge in [-0.2, -0.15) is 13.2 Å².